The highest BCUT2D eigenvalue weighted by atomic mass is 35.5. The molecule has 0 saturated carbocycles. The van der Waals surface area contributed by atoms with Crippen molar-refractivity contribution in [1.82, 2.24) is 4.90 Å². The van der Waals surface area contributed by atoms with E-state index in [1.807, 2.05) is 0 Å². The van der Waals surface area contributed by atoms with Crippen LogP contribution >= 0.6 is 11.6 Å². The third-order valence-corrected chi connectivity index (χ3v) is 3.62. The average Bonchev–Trinajstić information content (AvgIpc) is 2.77. The smallest absolute Gasteiger partial charge is 0.257 e. The molecular weight excluding hydrogens is 254 g/mol. The lowest BCUT2D eigenvalue weighted by atomic mass is 10.0. The van der Waals surface area contributed by atoms with Crippen molar-refractivity contribution in [2.45, 2.75) is 19.4 Å². The summed E-state index contributed by atoms with van der Waals surface area (Å²) in [7, 11) is 0. The van der Waals surface area contributed by atoms with Crippen LogP contribution in [0, 0.1) is 5.92 Å². The van der Waals surface area contributed by atoms with E-state index >= 15 is 0 Å². The van der Waals surface area contributed by atoms with Crippen LogP contribution in [0.25, 0.3) is 0 Å². The molecule has 1 aromatic rings. The van der Waals surface area contributed by atoms with Gasteiger partial charge in [0.1, 0.15) is 5.75 Å². The molecule has 18 heavy (non-hydrogen) atoms. The maximum absolute atomic E-state index is 12.2. The highest BCUT2D eigenvalue weighted by Crippen LogP contribution is 2.26. The zero-order chi connectivity index (χ0) is 13.3. The van der Waals surface area contributed by atoms with Crippen molar-refractivity contribution >= 4 is 17.5 Å². The number of phenolic OH excluding ortho intramolecular Hbond substituents is 1. The Labute approximate surface area is 111 Å². The molecule has 0 spiro atoms. The zero-order valence-corrected chi connectivity index (χ0v) is 10.9. The van der Waals surface area contributed by atoms with E-state index in [0.29, 0.717) is 18.1 Å². The summed E-state index contributed by atoms with van der Waals surface area (Å²) in [5, 5.41) is 19.6. The summed E-state index contributed by atoms with van der Waals surface area (Å²) in [5.74, 6) is -0.205. The minimum Gasteiger partial charge on any atom is -0.507 e. The lowest BCUT2D eigenvalue weighted by molar-refractivity contribution is 0.0759. The minimum atomic E-state index is -0.415. The quantitative estimate of drug-likeness (QED) is 0.862. The van der Waals surface area contributed by atoms with Crippen molar-refractivity contribution in [3.05, 3.63) is 28.8 Å². The summed E-state index contributed by atoms with van der Waals surface area (Å²) >= 11 is 5.73. The summed E-state index contributed by atoms with van der Waals surface area (Å²) in [6, 6.07) is 4.46. The summed E-state index contributed by atoms with van der Waals surface area (Å²) in [6.45, 7) is 2.87. The summed E-state index contributed by atoms with van der Waals surface area (Å²) < 4.78 is 0. The van der Waals surface area contributed by atoms with Crippen molar-refractivity contribution < 1.29 is 15.0 Å². The molecule has 5 heteroatoms. The van der Waals surface area contributed by atoms with Gasteiger partial charge in [-0.15, -0.1) is 0 Å². The Kier molecular flexibility index (Phi) is 3.78. The van der Waals surface area contributed by atoms with E-state index in [1.165, 1.54) is 12.1 Å². The van der Waals surface area contributed by atoms with Gasteiger partial charge in [0.15, 0.2) is 0 Å². The van der Waals surface area contributed by atoms with Gasteiger partial charge in [0.05, 0.1) is 11.7 Å². The molecule has 0 bridgehead atoms. The molecule has 4 nitrogen and oxygen atoms in total. The average molecular weight is 270 g/mol. The van der Waals surface area contributed by atoms with Gasteiger partial charge >= 0.3 is 0 Å². The molecule has 1 amide bonds. The molecular formula is C13H16ClNO3. The van der Waals surface area contributed by atoms with Crippen LogP contribution in [0.5, 0.6) is 5.75 Å². The second-order valence-electron chi connectivity index (χ2n) is 4.70. The summed E-state index contributed by atoms with van der Waals surface area (Å²) in [5.41, 5.74) is 0.255. The first kappa shape index (κ1) is 13.2. The van der Waals surface area contributed by atoms with Gasteiger partial charge in [-0.1, -0.05) is 11.6 Å². The zero-order valence-electron chi connectivity index (χ0n) is 10.1. The number of hydrogen-bond donors (Lipinski definition) is 2. The number of hydrogen-bond acceptors (Lipinski definition) is 3. The molecule has 0 radical (unpaired) electrons. The fourth-order valence-electron chi connectivity index (χ4n) is 2.22. The Morgan fingerprint density at radius 1 is 1.56 bits per heavy atom. The van der Waals surface area contributed by atoms with Gasteiger partial charge in [-0.05, 0) is 31.5 Å². The Bertz CT molecular complexity index is 462. The maximum Gasteiger partial charge on any atom is 0.257 e. The van der Waals surface area contributed by atoms with Crippen molar-refractivity contribution in [1.29, 1.82) is 0 Å². The van der Waals surface area contributed by atoms with Crippen LogP contribution in [0.3, 0.4) is 0 Å². The van der Waals surface area contributed by atoms with Crippen molar-refractivity contribution in [3.8, 4) is 5.75 Å². The van der Waals surface area contributed by atoms with Gasteiger partial charge in [-0.2, -0.15) is 0 Å². The van der Waals surface area contributed by atoms with Crippen LogP contribution in [0.1, 0.15) is 23.7 Å². The summed E-state index contributed by atoms with van der Waals surface area (Å²) in [4.78, 5) is 13.8. The predicted octanol–water partition coefficient (Wildman–Crippen LogP) is 1.89. The van der Waals surface area contributed by atoms with Crippen LogP contribution in [0.15, 0.2) is 18.2 Å². The fraction of sp³-hybridized carbons (Fsp3) is 0.462. The molecule has 2 atom stereocenters. The first-order valence-electron chi connectivity index (χ1n) is 5.95. The van der Waals surface area contributed by atoms with Crippen LogP contribution in [0.2, 0.25) is 5.02 Å². The van der Waals surface area contributed by atoms with Gasteiger partial charge in [0.25, 0.3) is 5.91 Å². The molecule has 1 aliphatic rings. The Balaban J connectivity index is 2.13. The van der Waals surface area contributed by atoms with Crippen LogP contribution in [0.4, 0.5) is 0 Å². The molecule has 1 aromatic carbocycles. The van der Waals surface area contributed by atoms with E-state index in [9.17, 15) is 15.0 Å². The normalized spacial score (nSPS) is 21.1. The second-order valence-corrected chi connectivity index (χ2v) is 5.14. The number of carbonyl (C=O) groups is 1. The van der Waals surface area contributed by atoms with E-state index < -0.39 is 6.10 Å². The lowest BCUT2D eigenvalue weighted by Crippen LogP contribution is -2.30. The molecule has 1 saturated heterocycles. The predicted molar refractivity (Wildman–Crippen MR) is 68.8 cm³/mol. The van der Waals surface area contributed by atoms with Crippen LogP contribution in [-0.4, -0.2) is 40.2 Å². The highest BCUT2D eigenvalue weighted by Gasteiger charge is 2.30. The molecule has 1 aliphatic heterocycles. The van der Waals surface area contributed by atoms with E-state index in [4.69, 9.17) is 11.6 Å². The number of amides is 1. The second kappa shape index (κ2) is 5.16. The van der Waals surface area contributed by atoms with Gasteiger partial charge in [0.2, 0.25) is 0 Å². The number of halogens is 1. The third kappa shape index (κ3) is 2.60. The van der Waals surface area contributed by atoms with E-state index in [-0.39, 0.29) is 23.1 Å². The lowest BCUT2D eigenvalue weighted by Gasteiger charge is -2.18. The topological polar surface area (TPSA) is 60.8 Å². The van der Waals surface area contributed by atoms with Crippen molar-refractivity contribution in [2.24, 2.45) is 5.92 Å². The molecule has 1 heterocycles. The minimum absolute atomic E-state index is 0.104. The number of nitrogens with zero attached hydrogens (tertiary/aromatic N) is 1. The van der Waals surface area contributed by atoms with Gasteiger partial charge < -0.3 is 15.1 Å². The number of aliphatic hydroxyl groups is 1. The van der Waals surface area contributed by atoms with Crippen LogP contribution in [-0.2, 0) is 0 Å². The molecule has 1 fully saturated rings. The number of carbonyl (C=O) groups excluding carboxylic acids is 1. The first-order valence-corrected chi connectivity index (χ1v) is 6.32. The number of likely N-dealkylation sites (tertiary alicyclic amines) is 1. The number of aromatic hydroxyl groups is 1. The largest absolute Gasteiger partial charge is 0.507 e. The summed E-state index contributed by atoms with van der Waals surface area (Å²) in [6.07, 6.45) is 0.374. The Hall–Kier alpha value is -1.26. The van der Waals surface area contributed by atoms with Gasteiger partial charge in [0, 0.05) is 24.0 Å². The number of rotatable bonds is 2. The highest BCUT2D eigenvalue weighted by molar-refractivity contribution is 6.30. The molecule has 2 unspecified atom stereocenters. The molecule has 0 aliphatic carbocycles. The molecule has 98 valence electrons. The molecule has 0 aromatic heterocycles. The number of phenols is 1. The maximum atomic E-state index is 12.2. The number of aliphatic hydroxyl groups excluding tert-OH is 1. The standard InChI is InChI=1S/C13H16ClNO3/c1-8(16)9-4-5-15(7-9)13(18)11-3-2-10(14)6-12(11)17/h2-3,6,8-9,16-17H,4-5,7H2,1H3. The van der Waals surface area contributed by atoms with Crippen molar-refractivity contribution in [3.63, 3.8) is 0 Å². The van der Waals surface area contributed by atoms with Gasteiger partial charge in [-0.3, -0.25) is 4.79 Å². The fourth-order valence-corrected chi connectivity index (χ4v) is 2.39. The Morgan fingerprint density at radius 2 is 2.28 bits per heavy atom. The van der Waals surface area contributed by atoms with Gasteiger partial charge in [-0.25, -0.2) is 0 Å². The van der Waals surface area contributed by atoms with E-state index in [1.54, 1.807) is 17.9 Å². The van der Waals surface area contributed by atoms with E-state index in [0.717, 1.165) is 6.42 Å². The Morgan fingerprint density at radius 3 is 2.83 bits per heavy atom. The first-order chi connectivity index (χ1) is 8.49. The van der Waals surface area contributed by atoms with Crippen LogP contribution < -0.4 is 0 Å². The molecule has 2 rings (SSSR count). The monoisotopic (exact) mass is 269 g/mol. The van der Waals surface area contributed by atoms with E-state index in [2.05, 4.69) is 0 Å². The SMILES string of the molecule is CC(O)C1CCN(C(=O)c2ccc(Cl)cc2O)C1. The number of benzene rings is 1. The molecule has 2 N–H and O–H groups in total. The third-order valence-electron chi connectivity index (χ3n) is 3.38. The van der Waals surface area contributed by atoms with Crippen molar-refractivity contribution in [2.75, 3.05) is 13.1 Å².